The molecule has 30 heavy (non-hydrogen) atoms. The van der Waals surface area contributed by atoms with Gasteiger partial charge in [-0.1, -0.05) is 29.8 Å². The Bertz CT molecular complexity index is 1060. The van der Waals surface area contributed by atoms with Crippen molar-refractivity contribution in [2.75, 3.05) is 6.54 Å². The molecule has 2 aromatic carbocycles. The number of nitrogens with zero attached hydrogens (tertiary/aromatic N) is 1. The normalized spacial score (nSPS) is 10.6. The first-order valence-electron chi connectivity index (χ1n) is 9.08. The van der Waals surface area contributed by atoms with Gasteiger partial charge in [0.15, 0.2) is 0 Å². The summed E-state index contributed by atoms with van der Waals surface area (Å²) < 4.78 is 26.5. The topological polar surface area (TPSA) is 71.1 Å². The molecule has 0 aliphatic rings. The summed E-state index contributed by atoms with van der Waals surface area (Å²) in [5.41, 5.74) is 1.38. The number of aromatic nitrogens is 1. The molecule has 3 aromatic rings. The number of halogens is 3. The van der Waals surface area contributed by atoms with Crippen LogP contribution in [0.4, 0.5) is 8.78 Å². The molecule has 0 radical (unpaired) electrons. The van der Waals surface area contributed by atoms with Crippen LogP contribution in [0.15, 0.2) is 47.8 Å². The number of carbonyl (C=O) groups excluding carboxylic acids is 2. The summed E-state index contributed by atoms with van der Waals surface area (Å²) in [6.07, 6.45) is 0.424. The lowest BCUT2D eigenvalue weighted by molar-refractivity contribution is -0.120. The van der Waals surface area contributed by atoms with Gasteiger partial charge in [-0.2, -0.15) is 0 Å². The first-order chi connectivity index (χ1) is 14.4. The van der Waals surface area contributed by atoms with Crippen LogP contribution in [0.2, 0.25) is 5.02 Å². The molecule has 0 saturated heterocycles. The molecule has 0 saturated carbocycles. The number of hydrogen-bond donors (Lipinski definition) is 2. The molecule has 0 unspecified atom stereocenters. The Balaban J connectivity index is 1.44. The van der Waals surface area contributed by atoms with Gasteiger partial charge in [-0.3, -0.25) is 9.59 Å². The molecule has 0 aliphatic carbocycles. The highest BCUT2D eigenvalue weighted by atomic mass is 35.5. The summed E-state index contributed by atoms with van der Waals surface area (Å²) in [6.45, 7) is 0.550. The fourth-order valence-electron chi connectivity index (χ4n) is 2.67. The van der Waals surface area contributed by atoms with Gasteiger partial charge in [0.05, 0.1) is 13.0 Å². The van der Waals surface area contributed by atoms with Gasteiger partial charge >= 0.3 is 0 Å². The lowest BCUT2D eigenvalue weighted by atomic mass is 10.1. The van der Waals surface area contributed by atoms with Gasteiger partial charge in [0.25, 0.3) is 5.91 Å². The van der Waals surface area contributed by atoms with Crippen LogP contribution in [0.25, 0.3) is 0 Å². The van der Waals surface area contributed by atoms with E-state index in [9.17, 15) is 18.4 Å². The Labute approximate surface area is 181 Å². The van der Waals surface area contributed by atoms with Gasteiger partial charge in [-0.25, -0.2) is 13.8 Å². The smallest absolute Gasteiger partial charge is 0.270 e. The third-order valence-corrected chi connectivity index (χ3v) is 5.26. The van der Waals surface area contributed by atoms with Gasteiger partial charge in [0.2, 0.25) is 5.91 Å². The summed E-state index contributed by atoms with van der Waals surface area (Å²) >= 11 is 7.17. The maximum Gasteiger partial charge on any atom is 0.270 e. The first kappa shape index (κ1) is 21.9. The van der Waals surface area contributed by atoms with E-state index < -0.39 is 17.5 Å². The SMILES string of the molecule is O=C(Cc1ccc(F)cc1F)NCc1nc(C(=O)NCCc2cccc(Cl)c2)cs1. The molecule has 2 amide bonds. The molecule has 0 fully saturated rings. The highest BCUT2D eigenvalue weighted by molar-refractivity contribution is 7.09. The predicted molar refractivity (Wildman–Crippen MR) is 112 cm³/mol. The van der Waals surface area contributed by atoms with Gasteiger partial charge in [0, 0.05) is 23.0 Å². The van der Waals surface area contributed by atoms with Crippen LogP contribution < -0.4 is 10.6 Å². The fourth-order valence-corrected chi connectivity index (χ4v) is 3.60. The van der Waals surface area contributed by atoms with Crippen molar-refractivity contribution in [1.82, 2.24) is 15.6 Å². The van der Waals surface area contributed by atoms with Crippen molar-refractivity contribution in [2.45, 2.75) is 19.4 Å². The zero-order valence-corrected chi connectivity index (χ0v) is 17.3. The molecule has 0 atom stereocenters. The molecule has 9 heteroatoms. The molecule has 3 rings (SSSR count). The molecular weight excluding hydrogens is 432 g/mol. The van der Waals surface area contributed by atoms with E-state index in [2.05, 4.69) is 15.6 Å². The van der Waals surface area contributed by atoms with Crippen LogP contribution in [-0.2, 0) is 24.2 Å². The quantitative estimate of drug-likeness (QED) is 0.547. The molecule has 0 spiro atoms. The maximum absolute atomic E-state index is 13.6. The van der Waals surface area contributed by atoms with Crippen LogP contribution in [0.5, 0.6) is 0 Å². The van der Waals surface area contributed by atoms with Crippen molar-refractivity contribution in [2.24, 2.45) is 0 Å². The van der Waals surface area contributed by atoms with E-state index in [0.29, 0.717) is 23.0 Å². The summed E-state index contributed by atoms with van der Waals surface area (Å²) in [4.78, 5) is 28.4. The fraction of sp³-hybridized carbons (Fsp3) is 0.190. The average Bonchev–Trinajstić information content (AvgIpc) is 3.18. The summed E-state index contributed by atoms with van der Waals surface area (Å²) in [6, 6.07) is 10.5. The van der Waals surface area contributed by atoms with Crippen molar-refractivity contribution in [1.29, 1.82) is 0 Å². The number of hydrogen-bond acceptors (Lipinski definition) is 4. The average molecular weight is 450 g/mol. The van der Waals surface area contributed by atoms with Crippen molar-refractivity contribution in [3.63, 3.8) is 0 Å². The zero-order valence-electron chi connectivity index (χ0n) is 15.8. The van der Waals surface area contributed by atoms with E-state index in [1.807, 2.05) is 18.2 Å². The Morgan fingerprint density at radius 3 is 2.70 bits per heavy atom. The number of nitrogens with one attached hydrogen (secondary N) is 2. The molecule has 156 valence electrons. The minimum absolute atomic E-state index is 0.104. The van der Waals surface area contributed by atoms with Crippen molar-refractivity contribution >= 4 is 34.8 Å². The summed E-state index contributed by atoms with van der Waals surface area (Å²) in [7, 11) is 0. The molecule has 1 heterocycles. The number of carbonyl (C=O) groups is 2. The Kier molecular flexibility index (Phi) is 7.48. The summed E-state index contributed by atoms with van der Waals surface area (Å²) in [5.74, 6) is -2.20. The standard InChI is InChI=1S/C21H18ClF2N3O2S/c22-15-3-1-2-13(8-15)6-7-25-21(29)18-12-30-20(27-18)11-26-19(28)9-14-4-5-16(23)10-17(14)24/h1-5,8,10,12H,6-7,9,11H2,(H,25,29)(H,26,28). The van der Waals surface area contributed by atoms with E-state index in [1.54, 1.807) is 11.4 Å². The van der Waals surface area contributed by atoms with Crippen molar-refractivity contribution in [3.8, 4) is 0 Å². The second-order valence-electron chi connectivity index (χ2n) is 6.45. The van der Waals surface area contributed by atoms with Gasteiger partial charge < -0.3 is 10.6 Å². The number of benzene rings is 2. The Hall–Kier alpha value is -2.84. The maximum atomic E-state index is 13.6. The summed E-state index contributed by atoms with van der Waals surface area (Å²) in [5, 5.41) is 8.20. The monoisotopic (exact) mass is 449 g/mol. The van der Waals surface area contributed by atoms with E-state index in [0.717, 1.165) is 17.7 Å². The lowest BCUT2D eigenvalue weighted by Gasteiger charge is -2.05. The number of rotatable bonds is 8. The van der Waals surface area contributed by atoms with E-state index >= 15 is 0 Å². The van der Waals surface area contributed by atoms with Gasteiger partial charge in [-0.15, -0.1) is 11.3 Å². The highest BCUT2D eigenvalue weighted by Crippen LogP contribution is 2.13. The zero-order chi connectivity index (χ0) is 21.5. The Morgan fingerprint density at radius 1 is 1.10 bits per heavy atom. The second kappa shape index (κ2) is 10.3. The van der Waals surface area contributed by atoms with Gasteiger partial charge in [0.1, 0.15) is 22.3 Å². The number of amides is 2. The Morgan fingerprint density at radius 2 is 1.93 bits per heavy atom. The van der Waals surface area contributed by atoms with Gasteiger partial charge in [-0.05, 0) is 35.7 Å². The van der Waals surface area contributed by atoms with E-state index in [4.69, 9.17) is 11.6 Å². The third-order valence-electron chi connectivity index (χ3n) is 4.18. The van der Waals surface area contributed by atoms with Crippen molar-refractivity contribution < 1.29 is 18.4 Å². The molecule has 0 aliphatic heterocycles. The van der Waals surface area contributed by atoms with Crippen LogP contribution >= 0.6 is 22.9 Å². The third kappa shape index (κ3) is 6.33. The minimum atomic E-state index is -0.767. The minimum Gasteiger partial charge on any atom is -0.350 e. The van der Waals surface area contributed by atoms with Crippen molar-refractivity contribution in [3.05, 3.63) is 86.3 Å². The molecular formula is C21H18ClF2N3O2S. The van der Waals surface area contributed by atoms with E-state index in [-0.39, 0.29) is 30.1 Å². The largest absolute Gasteiger partial charge is 0.350 e. The van der Waals surface area contributed by atoms with Crippen LogP contribution in [-0.4, -0.2) is 23.3 Å². The number of thiazole rings is 1. The van der Waals surface area contributed by atoms with Crippen LogP contribution in [0.3, 0.4) is 0 Å². The van der Waals surface area contributed by atoms with Crippen LogP contribution in [0.1, 0.15) is 26.6 Å². The molecule has 5 nitrogen and oxygen atoms in total. The molecule has 0 bridgehead atoms. The molecule has 1 aromatic heterocycles. The van der Waals surface area contributed by atoms with E-state index in [1.165, 1.54) is 17.4 Å². The second-order valence-corrected chi connectivity index (χ2v) is 7.83. The molecule has 2 N–H and O–H groups in total. The predicted octanol–water partition coefficient (Wildman–Crippen LogP) is 3.91. The first-order valence-corrected chi connectivity index (χ1v) is 10.3. The highest BCUT2D eigenvalue weighted by Gasteiger charge is 2.13. The lowest BCUT2D eigenvalue weighted by Crippen LogP contribution is -2.27. The van der Waals surface area contributed by atoms with Crippen LogP contribution in [0, 0.1) is 11.6 Å².